The minimum atomic E-state index is -4.55. The Kier molecular flexibility index (Phi) is 7.72. The van der Waals surface area contributed by atoms with Gasteiger partial charge in [0.1, 0.15) is 12.4 Å². The molecular weight excluding hydrogens is 582 g/mol. The van der Waals surface area contributed by atoms with Gasteiger partial charge >= 0.3 is 6.18 Å². The Morgan fingerprint density at radius 2 is 1.83 bits per heavy atom. The van der Waals surface area contributed by atoms with Crippen molar-refractivity contribution in [1.82, 2.24) is 0 Å². The van der Waals surface area contributed by atoms with E-state index >= 15 is 0 Å². The highest BCUT2D eigenvalue weighted by molar-refractivity contribution is 9.10. The summed E-state index contributed by atoms with van der Waals surface area (Å²) in [6.07, 6.45) is -2.97. The van der Waals surface area contributed by atoms with Crippen LogP contribution in [-0.4, -0.2) is 17.3 Å². The van der Waals surface area contributed by atoms with Crippen LogP contribution in [0.4, 0.5) is 23.2 Å². The topological polar surface area (TPSA) is 38.8 Å². The van der Waals surface area contributed by atoms with Gasteiger partial charge in [0.05, 0.1) is 27.7 Å². The molecule has 0 aromatic heterocycles. The standard InChI is InChI=1S/C25H16BrF4NO3S2/c1-33-20-10-15(9-19(26)22(20)34-13-14-5-7-17(27)8-6-14)11-21-23(32)31(24(35)36-21)18-4-2-3-16(12-18)25(28,29)30/h2-12H,13H2,1H3/b21-11-. The summed E-state index contributed by atoms with van der Waals surface area (Å²) in [4.78, 5) is 14.4. The van der Waals surface area contributed by atoms with Crippen molar-refractivity contribution in [3.05, 3.63) is 92.5 Å². The quantitative estimate of drug-likeness (QED) is 0.166. The molecule has 11 heteroatoms. The molecule has 3 aromatic rings. The highest BCUT2D eigenvalue weighted by Gasteiger charge is 2.36. The van der Waals surface area contributed by atoms with Gasteiger partial charge in [0, 0.05) is 0 Å². The van der Waals surface area contributed by atoms with E-state index in [0.717, 1.165) is 34.4 Å². The van der Waals surface area contributed by atoms with Gasteiger partial charge in [0.25, 0.3) is 5.91 Å². The molecule has 1 amide bonds. The predicted molar refractivity (Wildman–Crippen MR) is 139 cm³/mol. The number of amides is 1. The van der Waals surface area contributed by atoms with Crippen LogP contribution in [0.1, 0.15) is 16.7 Å². The maximum Gasteiger partial charge on any atom is 0.416 e. The van der Waals surface area contributed by atoms with Gasteiger partial charge in [-0.05, 0) is 75.6 Å². The van der Waals surface area contributed by atoms with Gasteiger partial charge in [0.15, 0.2) is 15.8 Å². The van der Waals surface area contributed by atoms with Crippen molar-refractivity contribution in [2.24, 2.45) is 0 Å². The molecule has 3 aromatic carbocycles. The molecule has 0 radical (unpaired) electrons. The van der Waals surface area contributed by atoms with Gasteiger partial charge in [-0.1, -0.05) is 42.2 Å². The van der Waals surface area contributed by atoms with E-state index in [1.54, 1.807) is 30.3 Å². The SMILES string of the molecule is COc1cc(/C=C2\SC(=S)N(c3cccc(C(F)(F)F)c3)C2=O)cc(Br)c1OCc1ccc(F)cc1. The number of anilines is 1. The first-order chi connectivity index (χ1) is 17.1. The van der Waals surface area contributed by atoms with Crippen LogP contribution < -0.4 is 14.4 Å². The number of alkyl halides is 3. The predicted octanol–water partition coefficient (Wildman–Crippen LogP) is 7.60. The average Bonchev–Trinajstić information content (AvgIpc) is 3.11. The molecule has 1 aliphatic rings. The molecule has 1 saturated heterocycles. The highest BCUT2D eigenvalue weighted by atomic mass is 79.9. The third-order valence-electron chi connectivity index (χ3n) is 5.07. The maximum atomic E-state index is 13.1. The number of thiocarbonyl (C=S) groups is 1. The second kappa shape index (κ2) is 10.6. The summed E-state index contributed by atoms with van der Waals surface area (Å²) in [6.45, 7) is 0.171. The monoisotopic (exact) mass is 597 g/mol. The molecule has 4 rings (SSSR count). The molecule has 1 heterocycles. The first-order valence-electron chi connectivity index (χ1n) is 10.3. The molecule has 0 saturated carbocycles. The molecule has 4 nitrogen and oxygen atoms in total. The van der Waals surface area contributed by atoms with Crippen molar-refractivity contribution in [1.29, 1.82) is 0 Å². The molecular formula is C25H16BrF4NO3S2. The number of ether oxygens (including phenoxy) is 2. The Morgan fingerprint density at radius 1 is 1.11 bits per heavy atom. The summed E-state index contributed by atoms with van der Waals surface area (Å²) < 4.78 is 64.5. The summed E-state index contributed by atoms with van der Waals surface area (Å²) in [5, 5.41) is 0. The average molecular weight is 598 g/mol. The molecule has 0 aliphatic carbocycles. The van der Waals surface area contributed by atoms with Crippen LogP contribution in [-0.2, 0) is 17.6 Å². The Hall–Kier alpha value is -2.89. The number of carbonyl (C=O) groups is 1. The van der Waals surface area contributed by atoms with Crippen molar-refractivity contribution in [3.63, 3.8) is 0 Å². The lowest BCUT2D eigenvalue weighted by Gasteiger charge is -2.16. The van der Waals surface area contributed by atoms with E-state index in [9.17, 15) is 22.4 Å². The zero-order valence-corrected chi connectivity index (χ0v) is 21.7. The Labute approximate surface area is 222 Å². The summed E-state index contributed by atoms with van der Waals surface area (Å²) >= 11 is 9.72. The minimum Gasteiger partial charge on any atom is -0.493 e. The van der Waals surface area contributed by atoms with Crippen molar-refractivity contribution >= 4 is 61.9 Å². The highest BCUT2D eigenvalue weighted by Crippen LogP contribution is 2.41. The van der Waals surface area contributed by atoms with Crippen molar-refractivity contribution in [2.45, 2.75) is 12.8 Å². The lowest BCUT2D eigenvalue weighted by Crippen LogP contribution is -2.27. The van der Waals surface area contributed by atoms with Crippen molar-refractivity contribution < 1.29 is 31.8 Å². The van der Waals surface area contributed by atoms with Gasteiger partial charge in [0.2, 0.25) is 0 Å². The van der Waals surface area contributed by atoms with E-state index in [4.69, 9.17) is 21.7 Å². The number of nitrogens with zero attached hydrogens (tertiary/aromatic N) is 1. The fraction of sp³-hybridized carbons (Fsp3) is 0.120. The first kappa shape index (κ1) is 26.2. The van der Waals surface area contributed by atoms with Gasteiger partial charge < -0.3 is 9.47 Å². The number of hydrogen-bond acceptors (Lipinski definition) is 5. The normalized spacial score (nSPS) is 15.1. The zero-order valence-electron chi connectivity index (χ0n) is 18.4. The lowest BCUT2D eigenvalue weighted by atomic mass is 10.1. The molecule has 0 atom stereocenters. The smallest absolute Gasteiger partial charge is 0.416 e. The number of rotatable bonds is 6. The van der Waals surface area contributed by atoms with E-state index in [1.807, 2.05) is 0 Å². The Balaban J connectivity index is 1.58. The molecule has 0 bridgehead atoms. The van der Waals surface area contributed by atoms with Crippen LogP contribution in [0, 0.1) is 5.82 Å². The summed E-state index contributed by atoms with van der Waals surface area (Å²) in [5.74, 6) is -0.0852. The van der Waals surface area contributed by atoms with Crippen LogP contribution in [0.5, 0.6) is 11.5 Å². The molecule has 36 heavy (non-hydrogen) atoms. The maximum absolute atomic E-state index is 13.1. The largest absolute Gasteiger partial charge is 0.493 e. The van der Waals surface area contributed by atoms with Crippen molar-refractivity contribution in [3.8, 4) is 11.5 Å². The molecule has 1 aliphatic heterocycles. The number of halogens is 5. The van der Waals surface area contributed by atoms with E-state index < -0.39 is 17.6 Å². The zero-order chi connectivity index (χ0) is 26.0. The molecule has 1 fully saturated rings. The molecule has 0 spiro atoms. The van der Waals surface area contributed by atoms with Crippen LogP contribution in [0.15, 0.2) is 70.0 Å². The second-order valence-electron chi connectivity index (χ2n) is 7.51. The minimum absolute atomic E-state index is 0.0408. The molecule has 0 unspecified atom stereocenters. The van der Waals surface area contributed by atoms with Crippen molar-refractivity contribution in [2.75, 3.05) is 12.0 Å². The van der Waals surface area contributed by atoms with Gasteiger partial charge in [-0.3, -0.25) is 9.69 Å². The third kappa shape index (κ3) is 5.74. The van der Waals surface area contributed by atoms with Gasteiger partial charge in [-0.2, -0.15) is 13.2 Å². The van der Waals surface area contributed by atoms with E-state index in [0.29, 0.717) is 21.5 Å². The third-order valence-corrected chi connectivity index (χ3v) is 6.96. The first-order valence-corrected chi connectivity index (χ1v) is 12.3. The lowest BCUT2D eigenvalue weighted by molar-refractivity contribution is -0.137. The number of carbonyl (C=O) groups excluding carboxylic acids is 1. The summed E-state index contributed by atoms with van der Waals surface area (Å²) in [5.41, 5.74) is 0.507. The van der Waals surface area contributed by atoms with Gasteiger partial charge in [-0.15, -0.1) is 0 Å². The number of methoxy groups -OCH3 is 1. The van der Waals surface area contributed by atoms with E-state index in [2.05, 4.69) is 15.9 Å². The number of thioether (sulfide) groups is 1. The molecule has 0 N–H and O–H groups in total. The van der Waals surface area contributed by atoms with Crippen LogP contribution in [0.3, 0.4) is 0 Å². The van der Waals surface area contributed by atoms with Gasteiger partial charge in [-0.25, -0.2) is 4.39 Å². The van der Waals surface area contributed by atoms with Crippen LogP contribution >= 0.6 is 39.9 Å². The fourth-order valence-electron chi connectivity index (χ4n) is 3.36. The summed E-state index contributed by atoms with van der Waals surface area (Å²) in [7, 11) is 1.46. The fourth-order valence-corrected chi connectivity index (χ4v) is 5.24. The van der Waals surface area contributed by atoms with Crippen LogP contribution in [0.2, 0.25) is 0 Å². The van der Waals surface area contributed by atoms with E-state index in [-0.39, 0.29) is 27.3 Å². The summed E-state index contributed by atoms with van der Waals surface area (Å²) in [6, 6.07) is 13.7. The van der Waals surface area contributed by atoms with E-state index in [1.165, 1.54) is 31.4 Å². The number of hydrogen-bond donors (Lipinski definition) is 0. The number of benzene rings is 3. The molecule has 186 valence electrons. The Bertz CT molecular complexity index is 1360. The Morgan fingerprint density at radius 3 is 2.50 bits per heavy atom. The second-order valence-corrected chi connectivity index (χ2v) is 10.0. The van der Waals surface area contributed by atoms with Crippen LogP contribution in [0.25, 0.3) is 6.08 Å².